The Kier molecular flexibility index (Phi) is 3.88. The van der Waals surface area contributed by atoms with E-state index in [1.807, 2.05) is 6.07 Å². The summed E-state index contributed by atoms with van der Waals surface area (Å²) in [5.74, 6) is 0. The Hall–Kier alpha value is -0.710. The zero-order chi connectivity index (χ0) is 10.5. The lowest BCUT2D eigenvalue weighted by molar-refractivity contribution is 0.0236. The summed E-state index contributed by atoms with van der Waals surface area (Å²) >= 11 is 5.68. The standard InChI is InChI=1S/C10H14ClN3O/c11-10-13-5-3-8(14-10)7-15-9-2-1-4-12-6-9/h3,5,9,12H,1-2,4,6-7H2/t9-/m1/s1. The molecule has 0 aromatic carbocycles. The fourth-order valence-electron chi connectivity index (χ4n) is 1.62. The summed E-state index contributed by atoms with van der Waals surface area (Å²) in [4.78, 5) is 7.89. The molecule has 4 nitrogen and oxygen atoms in total. The van der Waals surface area contributed by atoms with Gasteiger partial charge in [0.2, 0.25) is 5.28 Å². The number of ether oxygens (including phenoxy) is 1. The molecule has 1 aromatic heterocycles. The van der Waals surface area contributed by atoms with Gasteiger partial charge < -0.3 is 10.1 Å². The summed E-state index contributed by atoms with van der Waals surface area (Å²) in [6.07, 6.45) is 4.24. The summed E-state index contributed by atoms with van der Waals surface area (Å²) < 4.78 is 5.71. The van der Waals surface area contributed by atoms with E-state index in [4.69, 9.17) is 16.3 Å². The quantitative estimate of drug-likeness (QED) is 0.793. The van der Waals surface area contributed by atoms with Crippen molar-refractivity contribution in [3.05, 3.63) is 23.2 Å². The predicted molar refractivity (Wildman–Crippen MR) is 57.7 cm³/mol. The van der Waals surface area contributed by atoms with Gasteiger partial charge in [-0.15, -0.1) is 0 Å². The molecule has 0 aliphatic carbocycles. The highest BCUT2D eigenvalue weighted by Crippen LogP contribution is 2.09. The van der Waals surface area contributed by atoms with Crippen molar-refractivity contribution in [1.82, 2.24) is 15.3 Å². The van der Waals surface area contributed by atoms with Gasteiger partial charge in [-0.1, -0.05) is 0 Å². The Morgan fingerprint density at radius 1 is 1.60 bits per heavy atom. The molecule has 0 saturated carbocycles. The van der Waals surface area contributed by atoms with E-state index in [0.717, 1.165) is 25.2 Å². The molecule has 1 saturated heterocycles. The van der Waals surface area contributed by atoms with Crippen molar-refractivity contribution in [2.75, 3.05) is 13.1 Å². The van der Waals surface area contributed by atoms with E-state index >= 15 is 0 Å². The third-order valence-electron chi connectivity index (χ3n) is 2.40. The molecule has 0 bridgehead atoms. The van der Waals surface area contributed by atoms with Gasteiger partial charge in [-0.2, -0.15) is 0 Å². The number of hydrogen-bond donors (Lipinski definition) is 1. The first-order valence-corrected chi connectivity index (χ1v) is 5.52. The van der Waals surface area contributed by atoms with Gasteiger partial charge in [-0.05, 0) is 37.1 Å². The molecule has 82 valence electrons. The first-order valence-electron chi connectivity index (χ1n) is 5.14. The number of nitrogens with zero attached hydrogens (tertiary/aromatic N) is 2. The van der Waals surface area contributed by atoms with Crippen LogP contribution < -0.4 is 5.32 Å². The number of rotatable bonds is 3. The van der Waals surface area contributed by atoms with Crippen molar-refractivity contribution in [3.63, 3.8) is 0 Å². The Morgan fingerprint density at radius 2 is 2.53 bits per heavy atom. The first kappa shape index (κ1) is 10.8. The number of nitrogens with one attached hydrogen (secondary N) is 1. The molecule has 1 aliphatic heterocycles. The maximum Gasteiger partial charge on any atom is 0.222 e. The zero-order valence-corrected chi connectivity index (χ0v) is 9.20. The second kappa shape index (κ2) is 5.39. The Bertz CT molecular complexity index is 315. The topological polar surface area (TPSA) is 47.0 Å². The van der Waals surface area contributed by atoms with E-state index in [2.05, 4.69) is 15.3 Å². The van der Waals surface area contributed by atoms with E-state index in [0.29, 0.717) is 12.7 Å². The van der Waals surface area contributed by atoms with Crippen molar-refractivity contribution in [3.8, 4) is 0 Å². The molecule has 15 heavy (non-hydrogen) atoms. The van der Waals surface area contributed by atoms with Gasteiger partial charge in [0.05, 0.1) is 18.4 Å². The van der Waals surface area contributed by atoms with Crippen LogP contribution >= 0.6 is 11.6 Å². The fourth-order valence-corrected chi connectivity index (χ4v) is 1.78. The van der Waals surface area contributed by atoms with Gasteiger partial charge >= 0.3 is 0 Å². The highest BCUT2D eigenvalue weighted by atomic mass is 35.5. The van der Waals surface area contributed by atoms with Gasteiger partial charge in [0.15, 0.2) is 0 Å². The molecule has 2 rings (SSSR count). The molecule has 1 aromatic rings. The van der Waals surface area contributed by atoms with Gasteiger partial charge in [-0.25, -0.2) is 9.97 Å². The molecule has 2 heterocycles. The Morgan fingerprint density at radius 3 is 3.27 bits per heavy atom. The van der Waals surface area contributed by atoms with Crippen LogP contribution in [0.15, 0.2) is 12.3 Å². The maximum absolute atomic E-state index is 5.71. The monoisotopic (exact) mass is 227 g/mol. The van der Waals surface area contributed by atoms with Crippen LogP contribution in [0.5, 0.6) is 0 Å². The van der Waals surface area contributed by atoms with Crippen molar-refractivity contribution in [2.45, 2.75) is 25.6 Å². The third kappa shape index (κ3) is 3.41. The lowest BCUT2D eigenvalue weighted by Crippen LogP contribution is -2.35. The summed E-state index contributed by atoms with van der Waals surface area (Å²) in [5, 5.41) is 3.57. The second-order valence-corrected chi connectivity index (χ2v) is 3.93. The number of piperidine rings is 1. The average molecular weight is 228 g/mol. The van der Waals surface area contributed by atoms with Gasteiger partial charge in [0.25, 0.3) is 0 Å². The summed E-state index contributed by atoms with van der Waals surface area (Å²) in [6.45, 7) is 2.53. The van der Waals surface area contributed by atoms with E-state index in [1.54, 1.807) is 6.20 Å². The molecule has 0 spiro atoms. The van der Waals surface area contributed by atoms with Gasteiger partial charge in [-0.3, -0.25) is 0 Å². The number of halogens is 1. The third-order valence-corrected chi connectivity index (χ3v) is 2.58. The Labute approximate surface area is 94.0 Å². The SMILES string of the molecule is Clc1nccc(CO[C@@H]2CCCNC2)n1. The van der Waals surface area contributed by atoms with Gasteiger partial charge in [0, 0.05) is 12.7 Å². The second-order valence-electron chi connectivity index (χ2n) is 3.60. The minimum Gasteiger partial charge on any atom is -0.371 e. The molecular formula is C10H14ClN3O. The van der Waals surface area contributed by atoms with Gasteiger partial charge in [0.1, 0.15) is 0 Å². The van der Waals surface area contributed by atoms with E-state index in [-0.39, 0.29) is 5.28 Å². The summed E-state index contributed by atoms with van der Waals surface area (Å²) in [6, 6.07) is 1.82. The van der Waals surface area contributed by atoms with Crippen molar-refractivity contribution in [2.24, 2.45) is 0 Å². The van der Waals surface area contributed by atoms with Crippen LogP contribution in [0.4, 0.5) is 0 Å². The van der Waals surface area contributed by atoms with Crippen molar-refractivity contribution < 1.29 is 4.74 Å². The van der Waals surface area contributed by atoms with Crippen LogP contribution in [-0.2, 0) is 11.3 Å². The normalized spacial score (nSPS) is 21.5. The minimum absolute atomic E-state index is 0.276. The molecule has 5 heteroatoms. The number of aromatic nitrogens is 2. The van der Waals surface area contributed by atoms with E-state index in [1.165, 1.54) is 6.42 Å². The highest BCUT2D eigenvalue weighted by Gasteiger charge is 2.13. The van der Waals surface area contributed by atoms with Crippen LogP contribution in [0.3, 0.4) is 0 Å². The Balaban J connectivity index is 1.81. The van der Waals surface area contributed by atoms with Crippen LogP contribution in [0.25, 0.3) is 0 Å². The lowest BCUT2D eigenvalue weighted by atomic mass is 10.1. The van der Waals surface area contributed by atoms with Crippen LogP contribution in [0, 0.1) is 0 Å². The molecule has 0 radical (unpaired) electrons. The average Bonchev–Trinajstić information content (AvgIpc) is 2.28. The summed E-state index contributed by atoms with van der Waals surface area (Å²) in [7, 11) is 0. The minimum atomic E-state index is 0.276. The molecule has 1 N–H and O–H groups in total. The van der Waals surface area contributed by atoms with Crippen LogP contribution in [0.2, 0.25) is 5.28 Å². The largest absolute Gasteiger partial charge is 0.371 e. The van der Waals surface area contributed by atoms with Crippen LogP contribution in [0.1, 0.15) is 18.5 Å². The molecular weight excluding hydrogens is 214 g/mol. The van der Waals surface area contributed by atoms with E-state index < -0.39 is 0 Å². The first-order chi connectivity index (χ1) is 7.34. The van der Waals surface area contributed by atoms with Crippen LogP contribution in [-0.4, -0.2) is 29.2 Å². The zero-order valence-electron chi connectivity index (χ0n) is 8.45. The molecule has 1 aliphatic rings. The maximum atomic E-state index is 5.71. The number of hydrogen-bond acceptors (Lipinski definition) is 4. The van der Waals surface area contributed by atoms with E-state index in [9.17, 15) is 0 Å². The molecule has 1 fully saturated rings. The highest BCUT2D eigenvalue weighted by molar-refractivity contribution is 6.28. The molecule has 1 atom stereocenters. The van der Waals surface area contributed by atoms with Crippen molar-refractivity contribution >= 4 is 11.6 Å². The lowest BCUT2D eigenvalue weighted by Gasteiger charge is -2.22. The predicted octanol–water partition coefficient (Wildman–Crippen LogP) is 1.40. The smallest absolute Gasteiger partial charge is 0.222 e. The molecule has 0 unspecified atom stereocenters. The summed E-state index contributed by atoms with van der Waals surface area (Å²) in [5.41, 5.74) is 0.834. The molecule has 0 amide bonds. The fraction of sp³-hybridized carbons (Fsp3) is 0.600. The van der Waals surface area contributed by atoms with Crippen molar-refractivity contribution in [1.29, 1.82) is 0 Å².